The fourth-order valence-corrected chi connectivity index (χ4v) is 3.87. The lowest BCUT2D eigenvalue weighted by Gasteiger charge is -2.12. The molecule has 0 atom stereocenters. The third kappa shape index (κ3) is 4.19. The lowest BCUT2D eigenvalue weighted by molar-refractivity contribution is 0.101. The number of carbonyl (C=O) groups excluding carboxylic acids is 1. The Hall–Kier alpha value is -3.73. The number of nitrogens with zero attached hydrogens (tertiary/aromatic N) is 3. The molecule has 2 aromatic heterocycles. The summed E-state index contributed by atoms with van der Waals surface area (Å²) in [6.07, 6.45) is 8.16. The summed E-state index contributed by atoms with van der Waals surface area (Å²) in [6.45, 7) is 4.95. The number of nitrogens with one attached hydrogen (secondary N) is 1. The maximum atomic E-state index is 13.2. The van der Waals surface area contributed by atoms with Gasteiger partial charge in [-0.3, -0.25) is 4.79 Å². The van der Waals surface area contributed by atoms with E-state index < -0.39 is 0 Å². The second-order valence-electron chi connectivity index (χ2n) is 8.57. The quantitative estimate of drug-likeness (QED) is 0.421. The molecule has 1 fully saturated rings. The van der Waals surface area contributed by atoms with Gasteiger partial charge in [0, 0.05) is 47.5 Å². The highest BCUT2D eigenvalue weighted by molar-refractivity contribution is 6.04. The Labute approximate surface area is 188 Å². The maximum absolute atomic E-state index is 13.2. The monoisotopic (exact) mass is 422 g/mol. The molecule has 0 radical (unpaired) electrons. The van der Waals surface area contributed by atoms with E-state index in [1.807, 2.05) is 67.8 Å². The summed E-state index contributed by atoms with van der Waals surface area (Å²) >= 11 is 0. The predicted molar refractivity (Wildman–Crippen MR) is 127 cm³/mol. The molecule has 5 nitrogen and oxygen atoms in total. The number of anilines is 1. The van der Waals surface area contributed by atoms with Crippen LogP contribution < -0.4 is 5.32 Å². The summed E-state index contributed by atoms with van der Waals surface area (Å²) in [6, 6.07) is 17.8. The van der Waals surface area contributed by atoms with Crippen LogP contribution in [0.2, 0.25) is 0 Å². The molecule has 1 amide bonds. The first kappa shape index (κ1) is 20.2. The van der Waals surface area contributed by atoms with Crippen LogP contribution in [0.25, 0.3) is 22.5 Å². The molecule has 2 heterocycles. The molecule has 5 rings (SSSR count). The fraction of sp³-hybridized carbons (Fsp3) is 0.222. The van der Waals surface area contributed by atoms with E-state index in [0.29, 0.717) is 17.4 Å². The van der Waals surface area contributed by atoms with Gasteiger partial charge in [-0.2, -0.15) is 0 Å². The van der Waals surface area contributed by atoms with Crippen LogP contribution >= 0.6 is 0 Å². The van der Waals surface area contributed by atoms with Gasteiger partial charge in [0.25, 0.3) is 5.91 Å². The summed E-state index contributed by atoms with van der Waals surface area (Å²) in [5.74, 6) is 1.26. The second kappa shape index (κ2) is 8.42. The van der Waals surface area contributed by atoms with Crippen molar-refractivity contribution in [3.8, 4) is 22.5 Å². The molecule has 0 aliphatic heterocycles. The van der Waals surface area contributed by atoms with Crippen molar-refractivity contribution in [2.75, 3.05) is 5.32 Å². The van der Waals surface area contributed by atoms with Crippen LogP contribution in [-0.2, 0) is 6.54 Å². The van der Waals surface area contributed by atoms with E-state index in [9.17, 15) is 4.79 Å². The zero-order valence-electron chi connectivity index (χ0n) is 18.4. The van der Waals surface area contributed by atoms with Crippen molar-refractivity contribution in [3.63, 3.8) is 0 Å². The molecule has 1 aliphatic carbocycles. The van der Waals surface area contributed by atoms with Gasteiger partial charge >= 0.3 is 0 Å². The molecular weight excluding hydrogens is 396 g/mol. The Morgan fingerprint density at radius 3 is 2.44 bits per heavy atom. The summed E-state index contributed by atoms with van der Waals surface area (Å²) in [4.78, 5) is 22.3. The van der Waals surface area contributed by atoms with Crippen molar-refractivity contribution in [1.82, 2.24) is 14.5 Å². The van der Waals surface area contributed by atoms with Crippen LogP contribution in [0, 0.1) is 19.8 Å². The molecule has 0 bridgehead atoms. The number of rotatable bonds is 6. The minimum atomic E-state index is -0.0903. The second-order valence-corrected chi connectivity index (χ2v) is 8.57. The molecule has 1 N–H and O–H groups in total. The lowest BCUT2D eigenvalue weighted by Crippen LogP contribution is -2.18. The number of aromatic nitrogens is 3. The van der Waals surface area contributed by atoms with E-state index in [1.54, 1.807) is 0 Å². The van der Waals surface area contributed by atoms with Gasteiger partial charge in [0.2, 0.25) is 0 Å². The Morgan fingerprint density at radius 1 is 0.969 bits per heavy atom. The third-order valence-electron chi connectivity index (χ3n) is 6.15. The highest BCUT2D eigenvalue weighted by Crippen LogP contribution is 2.33. The molecule has 4 aromatic rings. The third-order valence-corrected chi connectivity index (χ3v) is 6.15. The van der Waals surface area contributed by atoms with Crippen molar-refractivity contribution < 1.29 is 4.79 Å². The van der Waals surface area contributed by atoms with Crippen LogP contribution in [0.3, 0.4) is 0 Å². The molecule has 5 heteroatoms. The van der Waals surface area contributed by atoms with Gasteiger partial charge < -0.3 is 9.88 Å². The number of carbonyl (C=O) groups is 1. The summed E-state index contributed by atoms with van der Waals surface area (Å²) in [5, 5.41) is 3.11. The molecule has 32 heavy (non-hydrogen) atoms. The topological polar surface area (TPSA) is 59.8 Å². The minimum Gasteiger partial charge on any atom is -0.343 e. The Kier molecular flexibility index (Phi) is 5.31. The average Bonchev–Trinajstić information content (AvgIpc) is 3.54. The van der Waals surface area contributed by atoms with Gasteiger partial charge in [0.1, 0.15) is 5.69 Å². The maximum Gasteiger partial charge on any atom is 0.272 e. The summed E-state index contributed by atoms with van der Waals surface area (Å²) < 4.78 is 2.08. The zero-order chi connectivity index (χ0) is 22.1. The predicted octanol–water partition coefficient (Wildman–Crippen LogP) is 5.89. The van der Waals surface area contributed by atoms with E-state index in [4.69, 9.17) is 0 Å². The normalized spacial score (nSPS) is 13.2. The molecule has 0 spiro atoms. The van der Waals surface area contributed by atoms with Gasteiger partial charge in [-0.25, -0.2) is 9.97 Å². The van der Waals surface area contributed by atoms with E-state index in [-0.39, 0.29) is 5.91 Å². The van der Waals surface area contributed by atoms with Crippen LogP contribution in [0.1, 0.15) is 34.5 Å². The van der Waals surface area contributed by atoms with Crippen molar-refractivity contribution >= 4 is 11.6 Å². The summed E-state index contributed by atoms with van der Waals surface area (Å²) in [7, 11) is 0. The largest absolute Gasteiger partial charge is 0.343 e. The Morgan fingerprint density at radius 2 is 1.72 bits per heavy atom. The van der Waals surface area contributed by atoms with Gasteiger partial charge in [0.05, 0.1) is 0 Å². The van der Waals surface area contributed by atoms with Gasteiger partial charge in [-0.1, -0.05) is 42.5 Å². The Bertz CT molecular complexity index is 1250. The first-order chi connectivity index (χ1) is 15.6. The first-order valence-corrected chi connectivity index (χ1v) is 11.0. The molecule has 0 unspecified atom stereocenters. The van der Waals surface area contributed by atoms with E-state index in [0.717, 1.165) is 40.0 Å². The summed E-state index contributed by atoms with van der Waals surface area (Å²) in [5.41, 5.74) is 6.61. The number of benzene rings is 2. The molecule has 0 saturated heterocycles. The SMILES string of the molecule is Cc1cccc(NC(=O)c2cc(-c3cnc(-c4ccccc4)nc3)cn2CC2CC2)c1C. The van der Waals surface area contributed by atoms with Crippen molar-refractivity contribution in [2.45, 2.75) is 33.2 Å². The van der Waals surface area contributed by atoms with Crippen molar-refractivity contribution in [3.05, 3.63) is 90.0 Å². The molecule has 1 aliphatic rings. The molecule has 160 valence electrons. The number of hydrogen-bond donors (Lipinski definition) is 1. The van der Waals surface area contributed by atoms with Gasteiger partial charge in [-0.15, -0.1) is 0 Å². The lowest BCUT2D eigenvalue weighted by atomic mass is 10.1. The molecule has 2 aromatic carbocycles. The van der Waals surface area contributed by atoms with Gasteiger partial charge in [0.15, 0.2) is 5.82 Å². The molecular formula is C27H26N4O. The zero-order valence-corrected chi connectivity index (χ0v) is 18.4. The van der Waals surface area contributed by atoms with Crippen molar-refractivity contribution in [1.29, 1.82) is 0 Å². The van der Waals surface area contributed by atoms with Gasteiger partial charge in [-0.05, 0) is 55.9 Å². The number of aryl methyl sites for hydroxylation is 1. The minimum absolute atomic E-state index is 0.0903. The van der Waals surface area contributed by atoms with E-state index in [2.05, 4.69) is 39.0 Å². The molecule has 1 saturated carbocycles. The standard InChI is InChI=1S/C27H26N4O/c1-18-7-6-10-24(19(18)2)30-27(32)25-13-22(17-31(25)16-20-11-12-20)23-14-28-26(29-15-23)21-8-4-3-5-9-21/h3-10,13-15,17,20H,11-12,16H2,1-2H3,(H,30,32). The fourth-order valence-electron chi connectivity index (χ4n) is 3.87. The van der Waals surface area contributed by atoms with E-state index in [1.165, 1.54) is 12.8 Å². The van der Waals surface area contributed by atoms with Crippen molar-refractivity contribution in [2.24, 2.45) is 5.92 Å². The average molecular weight is 423 g/mol. The Balaban J connectivity index is 1.44. The van der Waals surface area contributed by atoms with Crippen LogP contribution in [0.15, 0.2) is 73.2 Å². The highest BCUT2D eigenvalue weighted by Gasteiger charge is 2.25. The number of hydrogen-bond acceptors (Lipinski definition) is 3. The van der Waals surface area contributed by atoms with Crippen LogP contribution in [0.4, 0.5) is 5.69 Å². The van der Waals surface area contributed by atoms with Crippen LogP contribution in [-0.4, -0.2) is 20.4 Å². The van der Waals surface area contributed by atoms with Crippen LogP contribution in [0.5, 0.6) is 0 Å². The smallest absolute Gasteiger partial charge is 0.272 e. The number of amides is 1. The highest BCUT2D eigenvalue weighted by atomic mass is 16.1. The first-order valence-electron chi connectivity index (χ1n) is 11.0. The van der Waals surface area contributed by atoms with E-state index >= 15 is 0 Å².